The molecular formula is C11H7NO3. The predicted molar refractivity (Wildman–Crippen MR) is 54.8 cm³/mol. The van der Waals surface area contributed by atoms with Gasteiger partial charge in [0.1, 0.15) is 5.58 Å². The first-order chi connectivity index (χ1) is 7.25. The van der Waals surface area contributed by atoms with Crippen LogP contribution in [0.2, 0.25) is 0 Å². The summed E-state index contributed by atoms with van der Waals surface area (Å²) >= 11 is 0. The smallest absolute Gasteiger partial charge is 0.366 e. The molecule has 1 aromatic carbocycles. The van der Waals surface area contributed by atoms with E-state index >= 15 is 0 Å². The van der Waals surface area contributed by atoms with Crippen molar-refractivity contribution in [1.29, 1.82) is 0 Å². The average molecular weight is 201 g/mol. The maximum atomic E-state index is 11.5. The fourth-order valence-electron chi connectivity index (χ4n) is 1.64. The average Bonchev–Trinajstić information content (AvgIpc) is 2.61. The maximum Gasteiger partial charge on any atom is 0.366 e. The number of nitrogens with zero attached hydrogens (tertiary/aromatic N) is 1. The van der Waals surface area contributed by atoms with Crippen LogP contribution in [0, 0.1) is 6.92 Å². The molecule has 74 valence electrons. The molecule has 0 saturated carbocycles. The third kappa shape index (κ3) is 1.08. The van der Waals surface area contributed by atoms with Gasteiger partial charge in [-0.1, -0.05) is 12.1 Å². The monoisotopic (exact) mass is 201 g/mol. The first-order valence-electron chi connectivity index (χ1n) is 4.55. The van der Waals surface area contributed by atoms with E-state index in [2.05, 4.69) is 4.98 Å². The number of fused-ring (bicyclic) bond motifs is 3. The zero-order valence-corrected chi connectivity index (χ0v) is 7.98. The Morgan fingerprint density at radius 3 is 2.87 bits per heavy atom. The Morgan fingerprint density at radius 2 is 2.00 bits per heavy atom. The van der Waals surface area contributed by atoms with E-state index in [0.717, 1.165) is 5.39 Å². The molecule has 0 bridgehead atoms. The van der Waals surface area contributed by atoms with E-state index in [1.165, 1.54) is 0 Å². The van der Waals surface area contributed by atoms with Crippen molar-refractivity contribution in [1.82, 2.24) is 4.98 Å². The fourth-order valence-corrected chi connectivity index (χ4v) is 1.64. The first-order valence-corrected chi connectivity index (χ1v) is 4.55. The second-order valence-electron chi connectivity index (χ2n) is 3.30. The van der Waals surface area contributed by atoms with Gasteiger partial charge in [0.05, 0.1) is 5.39 Å². The van der Waals surface area contributed by atoms with E-state index in [-0.39, 0.29) is 5.52 Å². The highest BCUT2D eigenvalue weighted by atomic mass is 16.4. The molecule has 3 aromatic rings. The van der Waals surface area contributed by atoms with Crippen LogP contribution in [0.1, 0.15) is 5.89 Å². The molecule has 2 aromatic heterocycles. The van der Waals surface area contributed by atoms with Gasteiger partial charge in [-0.05, 0) is 12.1 Å². The maximum absolute atomic E-state index is 11.5. The van der Waals surface area contributed by atoms with Crippen molar-refractivity contribution in [3.8, 4) is 0 Å². The summed E-state index contributed by atoms with van der Waals surface area (Å²) in [6.07, 6.45) is 0. The van der Waals surface area contributed by atoms with Crippen LogP contribution in [-0.2, 0) is 0 Å². The van der Waals surface area contributed by atoms with Gasteiger partial charge in [-0.25, -0.2) is 9.78 Å². The number of hydrogen-bond acceptors (Lipinski definition) is 4. The second-order valence-corrected chi connectivity index (χ2v) is 3.30. The van der Waals surface area contributed by atoms with E-state index < -0.39 is 5.63 Å². The topological polar surface area (TPSA) is 56.2 Å². The Morgan fingerprint density at radius 1 is 1.20 bits per heavy atom. The van der Waals surface area contributed by atoms with Crippen molar-refractivity contribution in [3.05, 3.63) is 40.6 Å². The van der Waals surface area contributed by atoms with Gasteiger partial charge < -0.3 is 8.83 Å². The summed E-state index contributed by atoms with van der Waals surface area (Å²) in [6.45, 7) is 1.70. The molecule has 15 heavy (non-hydrogen) atoms. The Bertz CT molecular complexity index is 708. The molecular weight excluding hydrogens is 194 g/mol. The zero-order valence-electron chi connectivity index (χ0n) is 7.98. The van der Waals surface area contributed by atoms with Gasteiger partial charge in [-0.15, -0.1) is 0 Å². The number of hydrogen-bond donors (Lipinski definition) is 0. The Balaban J connectivity index is 2.69. The lowest BCUT2D eigenvalue weighted by molar-refractivity contribution is 0.556. The lowest BCUT2D eigenvalue weighted by Crippen LogP contribution is -1.98. The molecule has 0 aliphatic carbocycles. The van der Waals surface area contributed by atoms with Gasteiger partial charge in [0, 0.05) is 6.92 Å². The Hall–Kier alpha value is -2.10. The van der Waals surface area contributed by atoms with Gasteiger partial charge in [0.15, 0.2) is 17.0 Å². The van der Waals surface area contributed by atoms with Crippen LogP contribution >= 0.6 is 0 Å². The van der Waals surface area contributed by atoms with Crippen molar-refractivity contribution in [2.45, 2.75) is 6.92 Å². The minimum atomic E-state index is -0.458. The van der Waals surface area contributed by atoms with Gasteiger partial charge in [-0.3, -0.25) is 0 Å². The van der Waals surface area contributed by atoms with Crippen molar-refractivity contribution in [3.63, 3.8) is 0 Å². The lowest BCUT2D eigenvalue weighted by atomic mass is 10.2. The van der Waals surface area contributed by atoms with Crippen LogP contribution in [0.25, 0.3) is 22.1 Å². The van der Waals surface area contributed by atoms with Crippen LogP contribution in [0.15, 0.2) is 37.9 Å². The number of aryl methyl sites for hydroxylation is 1. The fraction of sp³-hybridized carbons (Fsp3) is 0.0909. The van der Waals surface area contributed by atoms with Crippen LogP contribution in [0.5, 0.6) is 0 Å². The highest BCUT2D eigenvalue weighted by Gasteiger charge is 2.12. The van der Waals surface area contributed by atoms with E-state index in [1.807, 2.05) is 12.1 Å². The summed E-state index contributed by atoms with van der Waals surface area (Å²) in [4.78, 5) is 15.5. The highest BCUT2D eigenvalue weighted by Crippen LogP contribution is 2.22. The molecule has 4 heteroatoms. The third-order valence-electron chi connectivity index (χ3n) is 2.26. The number of para-hydroxylation sites is 1. The van der Waals surface area contributed by atoms with Crippen molar-refractivity contribution < 1.29 is 8.83 Å². The molecule has 2 heterocycles. The molecule has 0 saturated heterocycles. The summed E-state index contributed by atoms with van der Waals surface area (Å²) in [6, 6.07) is 7.24. The van der Waals surface area contributed by atoms with Crippen LogP contribution in [-0.4, -0.2) is 4.98 Å². The molecule has 0 aliphatic heterocycles. The molecule has 3 rings (SSSR count). The largest absolute Gasteiger partial charge is 0.440 e. The van der Waals surface area contributed by atoms with Gasteiger partial charge in [0.2, 0.25) is 0 Å². The van der Waals surface area contributed by atoms with Crippen molar-refractivity contribution in [2.75, 3.05) is 0 Å². The van der Waals surface area contributed by atoms with E-state index in [4.69, 9.17) is 8.83 Å². The van der Waals surface area contributed by atoms with Crippen LogP contribution in [0.4, 0.5) is 0 Å². The number of benzene rings is 1. The second kappa shape index (κ2) is 2.70. The molecule has 0 aliphatic rings. The zero-order chi connectivity index (χ0) is 10.4. The minimum absolute atomic E-state index is 0.256. The highest BCUT2D eigenvalue weighted by molar-refractivity contribution is 5.98. The summed E-state index contributed by atoms with van der Waals surface area (Å²) < 4.78 is 10.5. The quantitative estimate of drug-likeness (QED) is 0.523. The summed E-state index contributed by atoms with van der Waals surface area (Å²) in [7, 11) is 0. The Labute approximate surface area is 84.1 Å². The number of aromatic nitrogens is 1. The van der Waals surface area contributed by atoms with E-state index in [1.54, 1.807) is 19.1 Å². The van der Waals surface area contributed by atoms with Gasteiger partial charge >= 0.3 is 5.63 Å². The summed E-state index contributed by atoms with van der Waals surface area (Å²) in [5.41, 5.74) is 0.817. The van der Waals surface area contributed by atoms with Crippen molar-refractivity contribution in [2.24, 2.45) is 0 Å². The number of rotatable bonds is 0. The normalized spacial score (nSPS) is 11.3. The van der Waals surface area contributed by atoms with Gasteiger partial charge in [0.25, 0.3) is 0 Å². The first kappa shape index (κ1) is 8.23. The molecule has 0 radical (unpaired) electrons. The molecule has 0 unspecified atom stereocenters. The van der Waals surface area contributed by atoms with E-state index in [9.17, 15) is 4.79 Å². The SMILES string of the molecule is Cc1nc2c(=O)oc3ccccc3c2o1. The molecule has 0 spiro atoms. The lowest BCUT2D eigenvalue weighted by Gasteiger charge is -1.94. The molecule has 4 nitrogen and oxygen atoms in total. The van der Waals surface area contributed by atoms with E-state index in [0.29, 0.717) is 17.1 Å². The summed E-state index contributed by atoms with van der Waals surface area (Å²) in [5, 5.41) is 0.771. The summed E-state index contributed by atoms with van der Waals surface area (Å²) in [5.74, 6) is 0.466. The number of oxazole rings is 1. The molecule has 0 fully saturated rings. The minimum Gasteiger partial charge on any atom is -0.440 e. The standard InChI is InChI=1S/C11H7NO3/c1-6-12-9-10(14-6)7-4-2-3-5-8(7)15-11(9)13/h2-5H,1H3. The predicted octanol–water partition coefficient (Wildman–Crippen LogP) is 2.24. The molecule has 0 amide bonds. The van der Waals surface area contributed by atoms with Crippen LogP contribution < -0.4 is 5.63 Å². The third-order valence-corrected chi connectivity index (χ3v) is 2.26. The van der Waals surface area contributed by atoms with Crippen molar-refractivity contribution >= 4 is 22.1 Å². The molecule has 0 atom stereocenters. The van der Waals surface area contributed by atoms with Crippen LogP contribution in [0.3, 0.4) is 0 Å². The Kier molecular flexibility index (Phi) is 1.48. The molecule has 0 N–H and O–H groups in total. The van der Waals surface area contributed by atoms with Gasteiger partial charge in [-0.2, -0.15) is 0 Å².